The van der Waals surface area contributed by atoms with Crippen molar-refractivity contribution in [2.24, 2.45) is 5.41 Å². The Hall–Kier alpha value is -1.45. The van der Waals surface area contributed by atoms with E-state index in [0.717, 1.165) is 5.69 Å². The van der Waals surface area contributed by atoms with E-state index in [-0.39, 0.29) is 30.2 Å². The van der Waals surface area contributed by atoms with E-state index >= 15 is 0 Å². The van der Waals surface area contributed by atoms with Gasteiger partial charge in [-0.3, -0.25) is 4.79 Å². The summed E-state index contributed by atoms with van der Waals surface area (Å²) < 4.78 is 34.2. The molecule has 0 N–H and O–H groups in total. The molecule has 0 aliphatic carbocycles. The fourth-order valence-corrected chi connectivity index (χ4v) is 5.98. The van der Waals surface area contributed by atoms with Crippen LogP contribution in [0.1, 0.15) is 51.3 Å². The molecule has 2 aliphatic heterocycles. The molecule has 3 heterocycles. The molecule has 2 aliphatic rings. The first-order chi connectivity index (χ1) is 13.2. The fourth-order valence-electron chi connectivity index (χ4n) is 4.40. The van der Waals surface area contributed by atoms with Crippen molar-refractivity contribution in [3.8, 4) is 0 Å². The molecule has 28 heavy (non-hydrogen) atoms. The summed E-state index contributed by atoms with van der Waals surface area (Å²) in [6.07, 6.45) is 4.95. The summed E-state index contributed by atoms with van der Waals surface area (Å²) in [5, 5.41) is 0. The van der Waals surface area contributed by atoms with E-state index in [0.29, 0.717) is 39.1 Å². The monoisotopic (exact) mass is 412 g/mol. The lowest BCUT2D eigenvalue weighted by molar-refractivity contribution is -0.136. The Labute approximate surface area is 167 Å². The van der Waals surface area contributed by atoms with Crippen LogP contribution in [0, 0.1) is 5.41 Å². The molecule has 1 spiro atoms. The van der Waals surface area contributed by atoms with Gasteiger partial charge in [0.1, 0.15) is 0 Å². The summed E-state index contributed by atoms with van der Waals surface area (Å²) in [6, 6.07) is 0.260. The van der Waals surface area contributed by atoms with Crippen LogP contribution in [0.3, 0.4) is 0 Å². The number of amides is 1. The van der Waals surface area contributed by atoms with E-state index < -0.39 is 15.4 Å². The Balaban J connectivity index is 1.95. The van der Waals surface area contributed by atoms with Gasteiger partial charge in [0.25, 0.3) is 0 Å². The van der Waals surface area contributed by atoms with Crippen LogP contribution in [0.4, 0.5) is 0 Å². The molecule has 0 bridgehead atoms. The van der Waals surface area contributed by atoms with Crippen LogP contribution in [0.15, 0.2) is 12.5 Å². The van der Waals surface area contributed by atoms with Crippen LogP contribution >= 0.6 is 0 Å². The number of carbonyl (C=O) groups excluding carboxylic acids is 1. The average Bonchev–Trinajstić information content (AvgIpc) is 3.33. The Bertz CT molecular complexity index is 807. The van der Waals surface area contributed by atoms with Gasteiger partial charge in [-0.15, -0.1) is 0 Å². The summed E-state index contributed by atoms with van der Waals surface area (Å²) in [7, 11) is -1.76. The normalized spacial score (nSPS) is 26.2. The smallest absolute Gasteiger partial charge is 0.231 e. The van der Waals surface area contributed by atoms with Gasteiger partial charge in [-0.05, 0) is 26.7 Å². The van der Waals surface area contributed by atoms with Crippen molar-refractivity contribution in [1.82, 2.24) is 18.8 Å². The summed E-state index contributed by atoms with van der Waals surface area (Å²) in [4.78, 5) is 19.8. The first-order valence-corrected chi connectivity index (χ1v) is 11.7. The van der Waals surface area contributed by atoms with Gasteiger partial charge in [-0.1, -0.05) is 6.92 Å². The van der Waals surface area contributed by atoms with Crippen molar-refractivity contribution in [1.29, 1.82) is 0 Å². The van der Waals surface area contributed by atoms with Crippen molar-refractivity contribution in [2.75, 3.05) is 45.6 Å². The van der Waals surface area contributed by atoms with Crippen molar-refractivity contribution >= 4 is 15.9 Å². The van der Waals surface area contributed by atoms with Gasteiger partial charge in [0.05, 0.1) is 29.8 Å². The largest absolute Gasteiger partial charge is 0.383 e. The maximum absolute atomic E-state index is 13.4. The molecule has 0 radical (unpaired) electrons. The number of hydrogen-bond acceptors (Lipinski definition) is 5. The zero-order valence-corrected chi connectivity index (χ0v) is 18.1. The van der Waals surface area contributed by atoms with E-state index in [1.807, 2.05) is 22.6 Å². The van der Waals surface area contributed by atoms with Gasteiger partial charge in [-0.25, -0.2) is 17.7 Å². The lowest BCUT2D eigenvalue weighted by Crippen LogP contribution is -2.41. The van der Waals surface area contributed by atoms with Gasteiger partial charge in [-0.2, -0.15) is 0 Å². The molecule has 158 valence electrons. The number of carbonyl (C=O) groups is 1. The molecule has 0 saturated carbocycles. The minimum Gasteiger partial charge on any atom is -0.383 e. The zero-order valence-electron chi connectivity index (χ0n) is 17.3. The third-order valence-electron chi connectivity index (χ3n) is 6.05. The van der Waals surface area contributed by atoms with E-state index in [1.165, 1.54) is 4.31 Å². The number of rotatable bonds is 8. The molecule has 0 aromatic carbocycles. The predicted molar refractivity (Wildman–Crippen MR) is 107 cm³/mol. The maximum atomic E-state index is 13.4. The Morgan fingerprint density at radius 2 is 2.14 bits per heavy atom. The van der Waals surface area contributed by atoms with Gasteiger partial charge in [0.15, 0.2) is 0 Å². The minimum absolute atomic E-state index is 0.0304. The van der Waals surface area contributed by atoms with Crippen LogP contribution in [-0.2, 0) is 19.6 Å². The molecule has 2 fully saturated rings. The molecule has 2 saturated heterocycles. The molecule has 1 amide bonds. The first-order valence-electron chi connectivity index (χ1n) is 10.0. The molecule has 1 aromatic rings. The van der Waals surface area contributed by atoms with Crippen molar-refractivity contribution in [3.05, 3.63) is 18.2 Å². The number of aromatic nitrogens is 2. The predicted octanol–water partition coefficient (Wildman–Crippen LogP) is 1.47. The van der Waals surface area contributed by atoms with Gasteiger partial charge in [0, 0.05) is 51.4 Å². The third-order valence-corrected chi connectivity index (χ3v) is 8.04. The molecule has 3 rings (SSSR count). The van der Waals surface area contributed by atoms with Crippen molar-refractivity contribution in [2.45, 2.75) is 45.6 Å². The van der Waals surface area contributed by atoms with Crippen LogP contribution < -0.4 is 0 Å². The second-order valence-electron chi connectivity index (χ2n) is 8.19. The van der Waals surface area contributed by atoms with Crippen LogP contribution in [-0.4, -0.2) is 78.7 Å². The van der Waals surface area contributed by atoms with E-state index in [2.05, 4.69) is 18.8 Å². The van der Waals surface area contributed by atoms with Gasteiger partial charge in [0.2, 0.25) is 15.9 Å². The Morgan fingerprint density at radius 3 is 2.75 bits per heavy atom. The zero-order chi connectivity index (χ0) is 20.5. The summed E-state index contributed by atoms with van der Waals surface area (Å²) in [6.45, 7) is 8.21. The number of ether oxygens (including phenoxy) is 1. The molecule has 2 atom stereocenters. The summed E-state index contributed by atoms with van der Waals surface area (Å²) in [5.74, 6) is -0.0836. The molecular weight excluding hydrogens is 380 g/mol. The van der Waals surface area contributed by atoms with Gasteiger partial charge < -0.3 is 14.2 Å². The maximum Gasteiger partial charge on any atom is 0.231 e. The first kappa shape index (κ1) is 21.3. The van der Waals surface area contributed by atoms with Gasteiger partial charge >= 0.3 is 0 Å². The second kappa shape index (κ2) is 8.12. The lowest BCUT2D eigenvalue weighted by Gasteiger charge is -2.28. The van der Waals surface area contributed by atoms with Crippen LogP contribution in [0.2, 0.25) is 0 Å². The molecule has 0 unspecified atom stereocenters. The minimum atomic E-state index is -3.38. The van der Waals surface area contributed by atoms with E-state index in [9.17, 15) is 13.2 Å². The number of methoxy groups -OCH3 is 1. The number of likely N-dealkylation sites (tertiary alicyclic amines) is 1. The standard InChI is InChI=1S/C19H32N4O4S/c1-5-10-28(25,26)23-11-16(17-12-22(14-20-17)15(2)3)19(13-23)6-7-21(18(19)24)8-9-27-4/h12,14-16H,5-11,13H2,1-4H3/t16-,19+/m1/s1. The highest BCUT2D eigenvalue weighted by Crippen LogP contribution is 2.50. The quantitative estimate of drug-likeness (QED) is 0.645. The Kier molecular flexibility index (Phi) is 6.17. The summed E-state index contributed by atoms with van der Waals surface area (Å²) >= 11 is 0. The van der Waals surface area contributed by atoms with Crippen LogP contribution in [0.25, 0.3) is 0 Å². The van der Waals surface area contributed by atoms with Crippen molar-refractivity contribution < 1.29 is 17.9 Å². The molecule has 1 aromatic heterocycles. The number of imidazole rings is 1. The third kappa shape index (κ3) is 3.71. The molecule has 8 nitrogen and oxygen atoms in total. The van der Waals surface area contributed by atoms with E-state index in [1.54, 1.807) is 13.4 Å². The number of nitrogens with zero attached hydrogens (tertiary/aromatic N) is 4. The highest BCUT2D eigenvalue weighted by molar-refractivity contribution is 7.89. The highest BCUT2D eigenvalue weighted by Gasteiger charge is 2.59. The number of sulfonamides is 1. The van der Waals surface area contributed by atoms with E-state index in [4.69, 9.17) is 4.74 Å². The van der Waals surface area contributed by atoms with Crippen molar-refractivity contribution in [3.63, 3.8) is 0 Å². The topological polar surface area (TPSA) is 84.7 Å². The lowest BCUT2D eigenvalue weighted by atomic mass is 9.75. The summed E-state index contributed by atoms with van der Waals surface area (Å²) in [5.41, 5.74) is 0.0786. The highest BCUT2D eigenvalue weighted by atomic mass is 32.2. The number of hydrogen-bond donors (Lipinski definition) is 0. The molecule has 9 heteroatoms. The van der Waals surface area contributed by atoms with Crippen LogP contribution in [0.5, 0.6) is 0 Å². The second-order valence-corrected chi connectivity index (χ2v) is 10.3. The Morgan fingerprint density at radius 1 is 1.39 bits per heavy atom. The molecular formula is C19H32N4O4S. The SMILES string of the molecule is CCCS(=O)(=O)N1C[C@H](c2cn(C(C)C)cn2)[C@]2(CCN(CCOC)C2=O)C1. The fraction of sp³-hybridized carbons (Fsp3) is 0.789. The average molecular weight is 413 g/mol.